The minimum absolute atomic E-state index is 0.00148. The fraction of sp³-hybridized carbons (Fsp3) is 0.250. The summed E-state index contributed by atoms with van der Waals surface area (Å²) < 4.78 is 4.68. The number of hydrogen-bond acceptors (Lipinski definition) is 4. The summed E-state index contributed by atoms with van der Waals surface area (Å²) in [4.78, 5) is 28.8. The number of Topliss-reactive ketones (excluding diaryl/α,β-unsaturated/α-hetero) is 1. The number of halogens is 1. The summed E-state index contributed by atoms with van der Waals surface area (Å²) in [5.74, 6) is -0.340. The minimum Gasteiger partial charge on any atom is -0.469 e. The second-order valence-electron chi connectivity index (χ2n) is 5.92. The van der Waals surface area contributed by atoms with Gasteiger partial charge in [0.15, 0.2) is 5.78 Å². The van der Waals surface area contributed by atoms with Crippen molar-refractivity contribution in [2.75, 3.05) is 7.11 Å². The molecule has 2 aromatic carbocycles. The SMILES string of the molecule is COC(=O)CC[C@@H]1N=C(c2ccccc2)c2cc(Cl)ccc2CC1=O. The summed E-state index contributed by atoms with van der Waals surface area (Å²) in [5.41, 5.74) is 3.42. The lowest BCUT2D eigenvalue weighted by Gasteiger charge is -2.11. The minimum atomic E-state index is -0.569. The molecule has 1 atom stereocenters. The van der Waals surface area contributed by atoms with Crippen LogP contribution in [-0.4, -0.2) is 30.6 Å². The third kappa shape index (κ3) is 3.97. The van der Waals surface area contributed by atoms with Gasteiger partial charge in [0.2, 0.25) is 0 Å². The number of benzene rings is 2. The van der Waals surface area contributed by atoms with Gasteiger partial charge in [0, 0.05) is 29.0 Å². The summed E-state index contributed by atoms with van der Waals surface area (Å²) in [6.45, 7) is 0. The Morgan fingerprint density at radius 1 is 1.24 bits per heavy atom. The molecule has 0 fully saturated rings. The van der Waals surface area contributed by atoms with Crippen LogP contribution in [0, 0.1) is 0 Å². The molecule has 1 aliphatic rings. The number of methoxy groups -OCH3 is 1. The smallest absolute Gasteiger partial charge is 0.305 e. The van der Waals surface area contributed by atoms with Gasteiger partial charge in [0.1, 0.15) is 6.04 Å². The van der Waals surface area contributed by atoms with Crippen LogP contribution in [0.2, 0.25) is 5.02 Å². The molecule has 128 valence electrons. The molecule has 0 saturated heterocycles. The van der Waals surface area contributed by atoms with Crippen LogP contribution in [0.4, 0.5) is 0 Å². The van der Waals surface area contributed by atoms with Crippen molar-refractivity contribution in [2.24, 2.45) is 4.99 Å². The maximum absolute atomic E-state index is 12.6. The third-order valence-corrected chi connectivity index (χ3v) is 4.48. The number of fused-ring (bicyclic) bond motifs is 1. The number of rotatable bonds is 4. The summed E-state index contributed by atoms with van der Waals surface area (Å²) in [5, 5.41) is 0.600. The molecule has 1 aliphatic heterocycles. The molecule has 5 heteroatoms. The van der Waals surface area contributed by atoms with Crippen molar-refractivity contribution in [2.45, 2.75) is 25.3 Å². The molecule has 4 nitrogen and oxygen atoms in total. The molecule has 0 unspecified atom stereocenters. The topological polar surface area (TPSA) is 55.7 Å². The molecule has 0 aromatic heterocycles. The Morgan fingerprint density at radius 2 is 2.00 bits per heavy atom. The Labute approximate surface area is 151 Å². The predicted molar refractivity (Wildman–Crippen MR) is 97.3 cm³/mol. The number of ketones is 1. The zero-order valence-corrected chi connectivity index (χ0v) is 14.6. The van der Waals surface area contributed by atoms with E-state index in [-0.39, 0.29) is 24.6 Å². The lowest BCUT2D eigenvalue weighted by Crippen LogP contribution is -2.21. The van der Waals surface area contributed by atoms with E-state index in [1.54, 1.807) is 6.07 Å². The fourth-order valence-corrected chi connectivity index (χ4v) is 3.11. The van der Waals surface area contributed by atoms with E-state index in [0.717, 1.165) is 22.4 Å². The van der Waals surface area contributed by atoms with E-state index >= 15 is 0 Å². The van der Waals surface area contributed by atoms with Gasteiger partial charge in [0.05, 0.1) is 12.8 Å². The Kier molecular flexibility index (Phi) is 5.29. The highest BCUT2D eigenvalue weighted by Gasteiger charge is 2.26. The van der Waals surface area contributed by atoms with Crippen molar-refractivity contribution in [1.82, 2.24) is 0 Å². The summed E-state index contributed by atoms with van der Waals surface area (Å²) in [6, 6.07) is 14.6. The van der Waals surface area contributed by atoms with E-state index in [4.69, 9.17) is 16.6 Å². The van der Waals surface area contributed by atoms with Crippen LogP contribution in [0.3, 0.4) is 0 Å². The number of hydrogen-bond donors (Lipinski definition) is 0. The van der Waals surface area contributed by atoms with E-state index in [1.165, 1.54) is 7.11 Å². The average molecular weight is 356 g/mol. The van der Waals surface area contributed by atoms with Gasteiger partial charge in [-0.3, -0.25) is 14.6 Å². The van der Waals surface area contributed by atoms with Crippen molar-refractivity contribution < 1.29 is 14.3 Å². The van der Waals surface area contributed by atoms with Crippen LogP contribution >= 0.6 is 11.6 Å². The summed E-state index contributed by atoms with van der Waals surface area (Å²) in [6.07, 6.45) is 0.775. The van der Waals surface area contributed by atoms with Crippen molar-refractivity contribution >= 4 is 29.1 Å². The van der Waals surface area contributed by atoms with Crippen molar-refractivity contribution in [1.29, 1.82) is 0 Å². The van der Waals surface area contributed by atoms with E-state index < -0.39 is 6.04 Å². The fourth-order valence-electron chi connectivity index (χ4n) is 2.93. The second-order valence-corrected chi connectivity index (χ2v) is 6.36. The molecular weight excluding hydrogens is 338 g/mol. The lowest BCUT2D eigenvalue weighted by atomic mass is 9.95. The van der Waals surface area contributed by atoms with Gasteiger partial charge < -0.3 is 4.74 Å². The first-order valence-corrected chi connectivity index (χ1v) is 8.48. The Hall–Kier alpha value is -2.46. The van der Waals surface area contributed by atoms with Crippen LogP contribution in [0.5, 0.6) is 0 Å². The van der Waals surface area contributed by atoms with E-state index in [9.17, 15) is 9.59 Å². The van der Waals surface area contributed by atoms with Gasteiger partial charge >= 0.3 is 5.97 Å². The van der Waals surface area contributed by atoms with Gasteiger partial charge in [-0.1, -0.05) is 48.0 Å². The number of aliphatic imine (C=N–C) groups is 1. The van der Waals surface area contributed by atoms with Crippen LogP contribution in [0.1, 0.15) is 29.5 Å². The Balaban J connectivity index is 2.05. The number of nitrogens with zero attached hydrogens (tertiary/aromatic N) is 1. The maximum atomic E-state index is 12.6. The quantitative estimate of drug-likeness (QED) is 0.787. The first-order chi connectivity index (χ1) is 12.1. The van der Waals surface area contributed by atoms with Crippen molar-refractivity contribution in [3.8, 4) is 0 Å². The molecule has 0 amide bonds. The lowest BCUT2D eigenvalue weighted by molar-refractivity contribution is -0.140. The normalized spacial score (nSPS) is 16.6. The highest BCUT2D eigenvalue weighted by molar-refractivity contribution is 6.31. The molecule has 0 spiro atoms. The zero-order valence-electron chi connectivity index (χ0n) is 13.9. The van der Waals surface area contributed by atoms with Crippen LogP contribution in [-0.2, 0) is 20.7 Å². The summed E-state index contributed by atoms with van der Waals surface area (Å²) in [7, 11) is 1.34. The van der Waals surface area contributed by atoms with E-state index in [0.29, 0.717) is 11.4 Å². The largest absolute Gasteiger partial charge is 0.469 e. The first kappa shape index (κ1) is 17.4. The highest BCUT2D eigenvalue weighted by atomic mass is 35.5. The Morgan fingerprint density at radius 3 is 2.72 bits per heavy atom. The number of carbonyl (C=O) groups is 2. The van der Waals surface area contributed by atoms with Gasteiger partial charge in [-0.05, 0) is 24.1 Å². The van der Waals surface area contributed by atoms with E-state index in [2.05, 4.69) is 4.74 Å². The number of carbonyl (C=O) groups excluding carboxylic acids is 2. The summed E-state index contributed by atoms with van der Waals surface area (Å²) >= 11 is 6.18. The molecule has 2 aromatic rings. The second kappa shape index (κ2) is 7.62. The van der Waals surface area contributed by atoms with Gasteiger partial charge in [-0.25, -0.2) is 0 Å². The zero-order chi connectivity index (χ0) is 17.8. The molecular formula is C20H18ClNO3. The van der Waals surface area contributed by atoms with Crippen LogP contribution in [0.25, 0.3) is 0 Å². The van der Waals surface area contributed by atoms with Gasteiger partial charge in [0.25, 0.3) is 0 Å². The molecule has 3 rings (SSSR count). The third-order valence-electron chi connectivity index (χ3n) is 4.25. The monoisotopic (exact) mass is 355 g/mol. The molecule has 0 aliphatic carbocycles. The molecule has 0 N–H and O–H groups in total. The molecule has 1 heterocycles. The molecule has 25 heavy (non-hydrogen) atoms. The average Bonchev–Trinajstić information content (AvgIpc) is 2.76. The number of esters is 1. The molecule has 0 bridgehead atoms. The van der Waals surface area contributed by atoms with Gasteiger partial charge in [-0.2, -0.15) is 0 Å². The van der Waals surface area contributed by atoms with Crippen LogP contribution < -0.4 is 0 Å². The molecule has 0 radical (unpaired) electrons. The Bertz CT molecular complexity index is 830. The number of ether oxygens (including phenoxy) is 1. The predicted octanol–water partition coefficient (Wildman–Crippen LogP) is 3.62. The first-order valence-electron chi connectivity index (χ1n) is 8.10. The van der Waals surface area contributed by atoms with Crippen LogP contribution in [0.15, 0.2) is 53.5 Å². The van der Waals surface area contributed by atoms with Gasteiger partial charge in [-0.15, -0.1) is 0 Å². The van der Waals surface area contributed by atoms with Crippen molar-refractivity contribution in [3.05, 3.63) is 70.2 Å². The highest BCUT2D eigenvalue weighted by Crippen LogP contribution is 2.26. The van der Waals surface area contributed by atoms with Crippen molar-refractivity contribution in [3.63, 3.8) is 0 Å². The maximum Gasteiger partial charge on any atom is 0.305 e. The van der Waals surface area contributed by atoms with E-state index in [1.807, 2.05) is 42.5 Å². The molecule has 0 saturated carbocycles. The standard InChI is InChI=1S/C20H18ClNO3/c1-25-19(24)10-9-17-18(23)11-14-7-8-15(21)12-16(14)20(22-17)13-5-3-2-4-6-13/h2-8,12,17H,9-11H2,1H3/t17-/m0/s1.